The smallest absolute Gasteiger partial charge is 0.259 e. The summed E-state index contributed by atoms with van der Waals surface area (Å²) < 4.78 is 0. The van der Waals surface area contributed by atoms with Crippen molar-refractivity contribution >= 4 is 17.5 Å². The van der Waals surface area contributed by atoms with Gasteiger partial charge in [-0.05, 0) is 18.2 Å². The maximum atomic E-state index is 11.5. The number of aromatic amines is 1. The Morgan fingerprint density at radius 2 is 2.00 bits per heavy atom. The first-order chi connectivity index (χ1) is 8.74. The van der Waals surface area contributed by atoms with Crippen LogP contribution in [0.5, 0.6) is 0 Å². The topological polar surface area (TPSA) is 86.9 Å². The van der Waals surface area contributed by atoms with Crippen molar-refractivity contribution in [1.82, 2.24) is 15.3 Å². The van der Waals surface area contributed by atoms with Crippen molar-refractivity contribution in [1.29, 1.82) is 0 Å². The minimum atomic E-state index is -0.347. The van der Waals surface area contributed by atoms with Crippen LogP contribution in [0, 0.1) is 0 Å². The molecule has 0 aliphatic carbocycles. The second kappa shape index (κ2) is 3.99. The van der Waals surface area contributed by atoms with Gasteiger partial charge >= 0.3 is 0 Å². The van der Waals surface area contributed by atoms with E-state index in [9.17, 15) is 9.59 Å². The van der Waals surface area contributed by atoms with Crippen LogP contribution in [0.15, 0.2) is 30.7 Å². The molecule has 0 fully saturated rings. The number of anilines is 1. The maximum absolute atomic E-state index is 11.5. The summed E-state index contributed by atoms with van der Waals surface area (Å²) in [5.74, 6) is -0.685. The van der Waals surface area contributed by atoms with Gasteiger partial charge in [-0.3, -0.25) is 14.9 Å². The lowest BCUT2D eigenvalue weighted by Gasteiger charge is -2.05. The summed E-state index contributed by atoms with van der Waals surface area (Å²) in [6, 6.07) is 5.09. The molecule has 6 nitrogen and oxygen atoms in total. The third-order valence-electron chi connectivity index (χ3n) is 2.77. The van der Waals surface area contributed by atoms with E-state index in [0.717, 1.165) is 11.4 Å². The minimum Gasteiger partial charge on any atom is -0.379 e. The largest absolute Gasteiger partial charge is 0.379 e. The number of aromatic nitrogens is 2. The van der Waals surface area contributed by atoms with Crippen molar-refractivity contribution in [3.05, 3.63) is 47.5 Å². The Balaban J connectivity index is 1.81. The Morgan fingerprint density at radius 3 is 2.78 bits per heavy atom. The van der Waals surface area contributed by atoms with Crippen molar-refractivity contribution in [3.63, 3.8) is 0 Å². The monoisotopic (exact) mass is 242 g/mol. The highest BCUT2D eigenvalue weighted by Gasteiger charge is 2.26. The van der Waals surface area contributed by atoms with E-state index >= 15 is 0 Å². The normalized spacial score (nSPS) is 13.3. The number of carbonyl (C=O) groups is 2. The summed E-state index contributed by atoms with van der Waals surface area (Å²) in [4.78, 5) is 29.7. The van der Waals surface area contributed by atoms with Crippen LogP contribution in [0.25, 0.3) is 0 Å². The highest BCUT2D eigenvalue weighted by molar-refractivity contribution is 6.21. The second-order valence-electron chi connectivity index (χ2n) is 3.97. The van der Waals surface area contributed by atoms with E-state index in [1.54, 1.807) is 30.7 Å². The average molecular weight is 242 g/mol. The van der Waals surface area contributed by atoms with E-state index < -0.39 is 0 Å². The highest BCUT2D eigenvalue weighted by atomic mass is 16.2. The Labute approximate surface area is 102 Å². The molecule has 3 N–H and O–H groups in total. The molecule has 1 aromatic heterocycles. The van der Waals surface area contributed by atoms with Gasteiger partial charge in [-0.2, -0.15) is 0 Å². The first-order valence-corrected chi connectivity index (χ1v) is 5.45. The van der Waals surface area contributed by atoms with E-state index in [0.29, 0.717) is 17.7 Å². The van der Waals surface area contributed by atoms with Crippen LogP contribution in [0.2, 0.25) is 0 Å². The molecule has 0 unspecified atom stereocenters. The van der Waals surface area contributed by atoms with Crippen LogP contribution in [0.1, 0.15) is 26.4 Å². The molecule has 0 spiro atoms. The van der Waals surface area contributed by atoms with Crippen molar-refractivity contribution in [2.45, 2.75) is 6.54 Å². The van der Waals surface area contributed by atoms with Gasteiger partial charge in [0, 0.05) is 11.9 Å². The van der Waals surface area contributed by atoms with E-state index in [4.69, 9.17) is 0 Å². The zero-order valence-electron chi connectivity index (χ0n) is 9.36. The molecule has 0 radical (unpaired) electrons. The molecule has 0 saturated heterocycles. The molecule has 2 aromatic rings. The molecule has 0 atom stereocenters. The fraction of sp³-hybridized carbons (Fsp3) is 0.0833. The van der Waals surface area contributed by atoms with Crippen LogP contribution in [0.4, 0.5) is 5.69 Å². The summed E-state index contributed by atoms with van der Waals surface area (Å²) >= 11 is 0. The molecule has 2 heterocycles. The standard InChI is InChI=1S/C12H10N4O2/c17-11-9-2-1-7(3-10(9)12(18)16-11)14-5-8-4-13-6-15-8/h1-4,6,14H,5H2,(H,13,15)(H,16,17,18). The fourth-order valence-corrected chi connectivity index (χ4v) is 1.86. The Hall–Kier alpha value is -2.63. The van der Waals surface area contributed by atoms with Gasteiger partial charge < -0.3 is 10.3 Å². The average Bonchev–Trinajstić information content (AvgIpc) is 2.97. The van der Waals surface area contributed by atoms with Gasteiger partial charge in [-0.25, -0.2) is 4.98 Å². The van der Waals surface area contributed by atoms with E-state index in [1.165, 1.54) is 0 Å². The lowest BCUT2D eigenvalue weighted by Crippen LogP contribution is -2.19. The van der Waals surface area contributed by atoms with Gasteiger partial charge in [0.05, 0.1) is 29.7 Å². The number of H-pyrrole nitrogens is 1. The number of hydrogen-bond donors (Lipinski definition) is 3. The number of benzene rings is 1. The van der Waals surface area contributed by atoms with Crippen LogP contribution in [-0.4, -0.2) is 21.8 Å². The van der Waals surface area contributed by atoms with Crippen LogP contribution < -0.4 is 10.6 Å². The number of nitrogens with one attached hydrogen (secondary N) is 3. The molecule has 2 amide bonds. The van der Waals surface area contributed by atoms with Gasteiger partial charge in [-0.15, -0.1) is 0 Å². The molecule has 1 aromatic carbocycles. The summed E-state index contributed by atoms with van der Waals surface area (Å²) in [7, 11) is 0. The van der Waals surface area contributed by atoms with Crippen molar-refractivity contribution in [2.75, 3.05) is 5.32 Å². The number of rotatable bonds is 3. The molecule has 0 saturated carbocycles. The first-order valence-electron chi connectivity index (χ1n) is 5.45. The highest BCUT2D eigenvalue weighted by Crippen LogP contribution is 2.20. The third kappa shape index (κ3) is 1.73. The number of nitrogens with zero attached hydrogens (tertiary/aromatic N) is 1. The van der Waals surface area contributed by atoms with Gasteiger partial charge in [0.2, 0.25) is 0 Å². The Bertz CT molecular complexity index is 619. The molecule has 0 bridgehead atoms. The lowest BCUT2D eigenvalue weighted by molar-refractivity contribution is 0.0879. The zero-order chi connectivity index (χ0) is 12.5. The summed E-state index contributed by atoms with van der Waals surface area (Å²) in [5, 5.41) is 5.41. The summed E-state index contributed by atoms with van der Waals surface area (Å²) in [5.41, 5.74) is 2.56. The number of hydrogen-bond acceptors (Lipinski definition) is 4. The van der Waals surface area contributed by atoms with Gasteiger partial charge in [0.15, 0.2) is 0 Å². The molecule has 90 valence electrons. The summed E-state index contributed by atoms with van der Waals surface area (Å²) in [6.07, 6.45) is 3.32. The molecule has 1 aliphatic rings. The van der Waals surface area contributed by atoms with E-state index in [2.05, 4.69) is 20.6 Å². The molecule has 3 rings (SSSR count). The second-order valence-corrected chi connectivity index (χ2v) is 3.97. The van der Waals surface area contributed by atoms with Crippen LogP contribution in [0.3, 0.4) is 0 Å². The van der Waals surface area contributed by atoms with Crippen molar-refractivity contribution < 1.29 is 9.59 Å². The minimum absolute atomic E-state index is 0.338. The SMILES string of the molecule is O=C1NC(=O)c2cc(NCc3cnc[nH]3)ccc21. The lowest BCUT2D eigenvalue weighted by atomic mass is 10.1. The number of imide groups is 1. The predicted octanol–water partition coefficient (Wildman–Crippen LogP) is 0.905. The molecule has 6 heteroatoms. The molecular formula is C12H10N4O2. The number of fused-ring (bicyclic) bond motifs is 1. The van der Waals surface area contributed by atoms with E-state index in [-0.39, 0.29) is 11.8 Å². The third-order valence-corrected chi connectivity index (χ3v) is 2.77. The number of imidazole rings is 1. The number of amides is 2. The zero-order valence-corrected chi connectivity index (χ0v) is 9.36. The Kier molecular flexibility index (Phi) is 2.33. The molecule has 1 aliphatic heterocycles. The first kappa shape index (κ1) is 10.5. The van der Waals surface area contributed by atoms with Gasteiger partial charge in [0.1, 0.15) is 0 Å². The Morgan fingerprint density at radius 1 is 1.17 bits per heavy atom. The van der Waals surface area contributed by atoms with Gasteiger partial charge in [-0.1, -0.05) is 0 Å². The molecule has 18 heavy (non-hydrogen) atoms. The van der Waals surface area contributed by atoms with Gasteiger partial charge in [0.25, 0.3) is 11.8 Å². The fourth-order valence-electron chi connectivity index (χ4n) is 1.86. The number of carbonyl (C=O) groups excluding carboxylic acids is 2. The molecular weight excluding hydrogens is 232 g/mol. The van der Waals surface area contributed by atoms with Crippen LogP contribution in [-0.2, 0) is 6.54 Å². The quantitative estimate of drug-likeness (QED) is 0.698. The van der Waals surface area contributed by atoms with E-state index in [1.807, 2.05) is 0 Å². The predicted molar refractivity (Wildman–Crippen MR) is 64.2 cm³/mol. The van der Waals surface area contributed by atoms with Crippen molar-refractivity contribution in [3.8, 4) is 0 Å². The summed E-state index contributed by atoms with van der Waals surface area (Å²) in [6.45, 7) is 0.578. The van der Waals surface area contributed by atoms with Crippen molar-refractivity contribution in [2.24, 2.45) is 0 Å². The maximum Gasteiger partial charge on any atom is 0.259 e. The van der Waals surface area contributed by atoms with Crippen LogP contribution >= 0.6 is 0 Å².